The Morgan fingerprint density at radius 3 is 2.65 bits per heavy atom. The molecule has 0 saturated carbocycles. The minimum atomic E-state index is 0.519. The van der Waals surface area contributed by atoms with Crippen LogP contribution in [-0.2, 0) is 13.6 Å². The molecule has 1 aromatic carbocycles. The maximum absolute atomic E-state index is 5.89. The van der Waals surface area contributed by atoms with E-state index in [4.69, 9.17) is 9.73 Å². The number of rotatable bonds is 10. The van der Waals surface area contributed by atoms with Crippen molar-refractivity contribution in [2.45, 2.75) is 39.7 Å². The maximum Gasteiger partial charge on any atom is 0.194 e. The molecule has 1 fully saturated rings. The molecule has 170 valence electrons. The van der Waals surface area contributed by atoms with Crippen LogP contribution in [0.15, 0.2) is 41.7 Å². The lowest BCUT2D eigenvalue weighted by molar-refractivity contribution is 0.223. The van der Waals surface area contributed by atoms with Crippen LogP contribution < -0.4 is 10.1 Å². The van der Waals surface area contributed by atoms with Gasteiger partial charge < -0.3 is 19.9 Å². The Bertz CT molecular complexity index is 812. The van der Waals surface area contributed by atoms with E-state index in [1.807, 2.05) is 30.1 Å². The highest BCUT2D eigenvalue weighted by atomic mass is 16.5. The largest absolute Gasteiger partial charge is 0.492 e. The minimum Gasteiger partial charge on any atom is -0.492 e. The van der Waals surface area contributed by atoms with Gasteiger partial charge in [0.05, 0.1) is 12.7 Å². The number of hydrogen-bond donors (Lipinski definition) is 1. The molecule has 2 aromatic rings. The third-order valence-electron chi connectivity index (χ3n) is 5.92. The summed E-state index contributed by atoms with van der Waals surface area (Å²) in [4.78, 5) is 9.63. The molecule has 0 radical (unpaired) electrons. The van der Waals surface area contributed by atoms with Crippen LogP contribution in [0, 0.1) is 0 Å². The van der Waals surface area contributed by atoms with E-state index >= 15 is 0 Å². The second kappa shape index (κ2) is 11.7. The summed E-state index contributed by atoms with van der Waals surface area (Å²) < 4.78 is 7.77. The van der Waals surface area contributed by atoms with Gasteiger partial charge in [0.25, 0.3) is 0 Å². The Hall–Kier alpha value is -2.54. The van der Waals surface area contributed by atoms with Crippen LogP contribution in [0.2, 0.25) is 0 Å². The first-order chi connectivity index (χ1) is 15.1. The zero-order valence-electron chi connectivity index (χ0n) is 19.5. The van der Waals surface area contributed by atoms with Crippen LogP contribution in [-0.4, -0.2) is 71.4 Å². The van der Waals surface area contributed by atoms with Gasteiger partial charge in [-0.2, -0.15) is 5.10 Å². The van der Waals surface area contributed by atoms with Gasteiger partial charge in [0.2, 0.25) is 0 Å². The quantitative estimate of drug-likeness (QED) is 0.467. The predicted molar refractivity (Wildman–Crippen MR) is 127 cm³/mol. The summed E-state index contributed by atoms with van der Waals surface area (Å²) >= 11 is 0. The number of nitrogens with one attached hydrogen (secondary N) is 1. The highest BCUT2D eigenvalue weighted by Crippen LogP contribution is 2.26. The number of nitrogens with zero attached hydrogens (tertiary/aromatic N) is 5. The van der Waals surface area contributed by atoms with E-state index in [1.165, 1.54) is 11.1 Å². The Morgan fingerprint density at radius 1 is 1.23 bits per heavy atom. The molecule has 0 aliphatic carbocycles. The van der Waals surface area contributed by atoms with Gasteiger partial charge in [-0.1, -0.05) is 26.0 Å². The Morgan fingerprint density at radius 2 is 2.00 bits per heavy atom. The topological polar surface area (TPSA) is 57.9 Å². The van der Waals surface area contributed by atoms with Crippen molar-refractivity contribution in [2.24, 2.45) is 12.0 Å². The van der Waals surface area contributed by atoms with Gasteiger partial charge in [0.1, 0.15) is 12.4 Å². The molecule has 1 N–H and O–H groups in total. The number of ether oxygens (including phenoxy) is 1. The fourth-order valence-electron chi connectivity index (χ4n) is 3.99. The molecule has 7 nitrogen and oxygen atoms in total. The number of likely N-dealkylation sites (N-methyl/N-ethyl adjacent to an activating group) is 1. The van der Waals surface area contributed by atoms with E-state index in [9.17, 15) is 0 Å². The third kappa shape index (κ3) is 6.72. The van der Waals surface area contributed by atoms with E-state index in [2.05, 4.69) is 59.3 Å². The van der Waals surface area contributed by atoms with E-state index in [0.29, 0.717) is 12.5 Å². The normalized spacial score (nSPS) is 16.9. The zero-order valence-corrected chi connectivity index (χ0v) is 19.5. The summed E-state index contributed by atoms with van der Waals surface area (Å²) in [6, 6.07) is 8.33. The third-order valence-corrected chi connectivity index (χ3v) is 5.92. The van der Waals surface area contributed by atoms with Crippen LogP contribution in [0.25, 0.3) is 0 Å². The van der Waals surface area contributed by atoms with Gasteiger partial charge in [0, 0.05) is 45.3 Å². The Kier molecular flexibility index (Phi) is 8.76. The average Bonchev–Trinajstić information content (AvgIpc) is 3.44. The van der Waals surface area contributed by atoms with Crippen molar-refractivity contribution in [1.29, 1.82) is 0 Å². The molecule has 0 spiro atoms. The minimum absolute atomic E-state index is 0.519. The number of aryl methyl sites for hydroxylation is 1. The molecule has 31 heavy (non-hydrogen) atoms. The number of likely N-dealkylation sites (tertiary alicyclic amines) is 1. The number of hydrogen-bond acceptors (Lipinski definition) is 4. The molecule has 1 aromatic heterocycles. The molecule has 1 atom stereocenters. The van der Waals surface area contributed by atoms with Crippen LogP contribution in [0.4, 0.5) is 0 Å². The maximum atomic E-state index is 5.89. The Labute approximate surface area is 187 Å². The van der Waals surface area contributed by atoms with Gasteiger partial charge in [-0.15, -0.1) is 0 Å². The van der Waals surface area contributed by atoms with E-state index in [0.717, 1.165) is 64.0 Å². The lowest BCUT2D eigenvalue weighted by Gasteiger charge is -2.21. The summed E-state index contributed by atoms with van der Waals surface area (Å²) in [6.07, 6.45) is 5.25. The highest BCUT2D eigenvalue weighted by Gasteiger charge is 2.26. The van der Waals surface area contributed by atoms with Crippen molar-refractivity contribution < 1.29 is 4.74 Å². The van der Waals surface area contributed by atoms with Gasteiger partial charge in [-0.05, 0) is 49.7 Å². The first-order valence-corrected chi connectivity index (χ1v) is 11.6. The molecule has 7 heteroatoms. The molecule has 1 aliphatic heterocycles. The first-order valence-electron chi connectivity index (χ1n) is 11.6. The van der Waals surface area contributed by atoms with Crippen molar-refractivity contribution in [3.05, 3.63) is 47.8 Å². The summed E-state index contributed by atoms with van der Waals surface area (Å²) in [5, 5.41) is 7.78. The monoisotopic (exact) mass is 426 g/mol. The SMILES string of the molecule is CCNC(=NCc1ccc(OCCN(CC)CC)cc1)N1CCC(c2cnn(C)c2)C1. The van der Waals surface area contributed by atoms with Crippen LogP contribution in [0.3, 0.4) is 0 Å². The smallest absolute Gasteiger partial charge is 0.194 e. The van der Waals surface area contributed by atoms with Crippen molar-refractivity contribution in [3.63, 3.8) is 0 Å². The van der Waals surface area contributed by atoms with Gasteiger partial charge in [0.15, 0.2) is 5.96 Å². The molecule has 0 amide bonds. The fraction of sp³-hybridized carbons (Fsp3) is 0.583. The van der Waals surface area contributed by atoms with Gasteiger partial charge >= 0.3 is 0 Å². The lowest BCUT2D eigenvalue weighted by atomic mass is 10.0. The molecule has 1 saturated heterocycles. The van der Waals surface area contributed by atoms with Crippen molar-refractivity contribution >= 4 is 5.96 Å². The van der Waals surface area contributed by atoms with Crippen molar-refractivity contribution in [1.82, 2.24) is 24.9 Å². The predicted octanol–water partition coefficient (Wildman–Crippen LogP) is 3.10. The summed E-state index contributed by atoms with van der Waals surface area (Å²) in [5.41, 5.74) is 2.51. The number of aliphatic imine (C=N–C) groups is 1. The molecular formula is C24H38N6O. The van der Waals surface area contributed by atoms with Crippen LogP contribution in [0.1, 0.15) is 44.2 Å². The highest BCUT2D eigenvalue weighted by molar-refractivity contribution is 5.80. The summed E-state index contributed by atoms with van der Waals surface area (Å²) in [5.74, 6) is 2.43. The molecule has 3 rings (SSSR count). The standard InChI is InChI=1S/C24H38N6O/c1-5-25-24(30-13-12-21(19-30)22-17-27-28(4)18-22)26-16-20-8-10-23(11-9-20)31-15-14-29(6-2)7-3/h8-11,17-18,21H,5-7,12-16,19H2,1-4H3,(H,25,26). The second-order valence-corrected chi connectivity index (χ2v) is 8.07. The fourth-order valence-corrected chi connectivity index (χ4v) is 3.99. The van der Waals surface area contributed by atoms with Crippen molar-refractivity contribution in [2.75, 3.05) is 45.9 Å². The molecule has 1 aliphatic rings. The first kappa shape index (κ1) is 23.1. The second-order valence-electron chi connectivity index (χ2n) is 8.07. The van der Waals surface area contributed by atoms with Gasteiger partial charge in [-0.3, -0.25) is 4.68 Å². The summed E-state index contributed by atoms with van der Waals surface area (Å²) in [6.45, 7) is 13.8. The number of aromatic nitrogens is 2. The number of benzene rings is 1. The van der Waals surface area contributed by atoms with E-state index < -0.39 is 0 Å². The van der Waals surface area contributed by atoms with E-state index in [-0.39, 0.29) is 0 Å². The number of guanidine groups is 1. The lowest BCUT2D eigenvalue weighted by Crippen LogP contribution is -2.40. The molecule has 0 bridgehead atoms. The van der Waals surface area contributed by atoms with E-state index in [1.54, 1.807) is 0 Å². The van der Waals surface area contributed by atoms with Crippen LogP contribution in [0.5, 0.6) is 5.75 Å². The van der Waals surface area contributed by atoms with Gasteiger partial charge in [-0.25, -0.2) is 4.99 Å². The molecule has 1 unspecified atom stereocenters. The summed E-state index contributed by atoms with van der Waals surface area (Å²) in [7, 11) is 1.98. The molecular weight excluding hydrogens is 388 g/mol. The molecule has 2 heterocycles. The average molecular weight is 427 g/mol. The zero-order chi connectivity index (χ0) is 22.1. The van der Waals surface area contributed by atoms with Crippen LogP contribution >= 0.6 is 0 Å². The van der Waals surface area contributed by atoms with Crippen molar-refractivity contribution in [3.8, 4) is 5.75 Å². The Balaban J connectivity index is 1.53.